The summed E-state index contributed by atoms with van der Waals surface area (Å²) in [5.74, 6) is 0.177. The van der Waals surface area contributed by atoms with E-state index in [2.05, 4.69) is 15.3 Å². The Labute approximate surface area is 183 Å². The zero-order chi connectivity index (χ0) is 23.7. The van der Waals surface area contributed by atoms with Gasteiger partial charge >= 0.3 is 6.18 Å². The Bertz CT molecular complexity index is 1120. The van der Waals surface area contributed by atoms with E-state index >= 15 is 0 Å². The van der Waals surface area contributed by atoms with Crippen molar-refractivity contribution < 1.29 is 27.4 Å². The third-order valence-electron chi connectivity index (χ3n) is 5.47. The molecule has 2 aromatic carbocycles. The van der Waals surface area contributed by atoms with Crippen LogP contribution in [0.3, 0.4) is 0 Å². The molecule has 0 fully saturated rings. The largest absolute Gasteiger partial charge is 0.496 e. The number of halogens is 4. The molecule has 9 heteroatoms. The van der Waals surface area contributed by atoms with E-state index in [0.717, 1.165) is 6.07 Å². The second-order valence-corrected chi connectivity index (χ2v) is 8.44. The molecule has 2 N–H and O–H groups in total. The molecule has 3 rings (SSSR count). The lowest BCUT2D eigenvalue weighted by Gasteiger charge is -2.38. The quantitative estimate of drug-likeness (QED) is 0.486. The fraction of sp³-hybridized carbons (Fsp3) is 0.391. The summed E-state index contributed by atoms with van der Waals surface area (Å²) < 4.78 is 61.3. The average Bonchev–Trinajstić information content (AvgIpc) is 2.70. The number of hydrogen-bond acceptors (Lipinski definition) is 5. The molecule has 0 aliphatic carbocycles. The Morgan fingerprint density at radius 2 is 1.84 bits per heavy atom. The molecule has 0 amide bonds. The van der Waals surface area contributed by atoms with Gasteiger partial charge in [-0.25, -0.2) is 14.4 Å². The van der Waals surface area contributed by atoms with Crippen molar-refractivity contribution in [3.63, 3.8) is 0 Å². The van der Waals surface area contributed by atoms with Gasteiger partial charge in [-0.1, -0.05) is 19.9 Å². The van der Waals surface area contributed by atoms with Crippen LogP contribution in [0.25, 0.3) is 10.9 Å². The van der Waals surface area contributed by atoms with Crippen molar-refractivity contribution in [2.45, 2.75) is 44.4 Å². The van der Waals surface area contributed by atoms with E-state index in [1.807, 2.05) is 0 Å². The molecule has 1 atom stereocenters. The van der Waals surface area contributed by atoms with E-state index in [0.29, 0.717) is 22.4 Å². The molecule has 0 radical (unpaired) electrons. The number of fused-ring (bicyclic) bond motifs is 1. The highest BCUT2D eigenvalue weighted by Crippen LogP contribution is 2.44. The number of benzene rings is 2. The Kier molecular flexibility index (Phi) is 6.33. The number of nitrogens with one attached hydrogen (secondary N) is 1. The summed E-state index contributed by atoms with van der Waals surface area (Å²) in [4.78, 5) is 8.37. The Morgan fingerprint density at radius 1 is 1.12 bits per heavy atom. The lowest BCUT2D eigenvalue weighted by atomic mass is 9.74. The number of hydrogen-bond donors (Lipinski definition) is 2. The normalized spacial score (nSPS) is 14.3. The molecule has 1 aromatic heterocycles. The lowest BCUT2D eigenvalue weighted by molar-refractivity contribution is -0.260. The van der Waals surface area contributed by atoms with E-state index in [1.54, 1.807) is 25.1 Å². The zero-order valence-corrected chi connectivity index (χ0v) is 18.2. The van der Waals surface area contributed by atoms with E-state index in [1.165, 1.54) is 39.3 Å². The van der Waals surface area contributed by atoms with E-state index in [4.69, 9.17) is 4.74 Å². The van der Waals surface area contributed by atoms with Gasteiger partial charge in [0.2, 0.25) is 0 Å². The number of aliphatic hydroxyl groups is 1. The molecule has 0 aliphatic heterocycles. The second kappa shape index (κ2) is 8.54. The molecule has 0 aliphatic rings. The van der Waals surface area contributed by atoms with Crippen LogP contribution >= 0.6 is 0 Å². The molecule has 0 saturated heterocycles. The Morgan fingerprint density at radius 3 is 2.50 bits per heavy atom. The van der Waals surface area contributed by atoms with Gasteiger partial charge in [-0.05, 0) is 49.1 Å². The molecular formula is C23H25F4N3O2. The predicted octanol–water partition coefficient (Wildman–Crippen LogP) is 5.16. The first-order valence-electron chi connectivity index (χ1n) is 9.96. The lowest BCUT2D eigenvalue weighted by Crippen LogP contribution is -2.53. The van der Waals surface area contributed by atoms with Gasteiger partial charge in [0.25, 0.3) is 0 Å². The summed E-state index contributed by atoms with van der Waals surface area (Å²) in [5.41, 5.74) is -3.20. The van der Waals surface area contributed by atoms with Gasteiger partial charge < -0.3 is 15.2 Å². The summed E-state index contributed by atoms with van der Waals surface area (Å²) in [6.07, 6.45) is -4.15. The van der Waals surface area contributed by atoms with Crippen LogP contribution in [-0.2, 0) is 5.41 Å². The summed E-state index contributed by atoms with van der Waals surface area (Å²) in [6.45, 7) is 3.92. The standard InChI is InChI=1S/C23H25F4N3O2/c1-14-28-11-16-18(6-5-7-19(16)30-14)29-13-22(31,23(25,26)27)12-21(2,3)17-10-15(24)8-9-20(17)32-4/h5-11,29,31H,12-13H2,1-4H3. The van der Waals surface area contributed by atoms with Gasteiger partial charge in [0.1, 0.15) is 17.4 Å². The summed E-state index contributed by atoms with van der Waals surface area (Å²) >= 11 is 0. The van der Waals surface area contributed by atoms with E-state index in [-0.39, 0.29) is 11.3 Å². The summed E-state index contributed by atoms with van der Waals surface area (Å²) in [6, 6.07) is 8.64. The number of aryl methyl sites for hydroxylation is 1. The van der Waals surface area contributed by atoms with Crippen LogP contribution in [0.2, 0.25) is 0 Å². The molecule has 0 bridgehead atoms. The number of aromatic nitrogens is 2. The number of nitrogens with zero attached hydrogens (tertiary/aromatic N) is 2. The minimum atomic E-state index is -4.95. The molecule has 5 nitrogen and oxygen atoms in total. The number of alkyl halides is 3. The first-order chi connectivity index (χ1) is 14.9. The molecule has 1 unspecified atom stereocenters. The van der Waals surface area contributed by atoms with Crippen LogP contribution in [0.15, 0.2) is 42.6 Å². The van der Waals surface area contributed by atoms with Gasteiger partial charge in [-0.15, -0.1) is 0 Å². The van der Waals surface area contributed by atoms with Crippen molar-refractivity contribution >= 4 is 16.6 Å². The highest BCUT2D eigenvalue weighted by atomic mass is 19.4. The fourth-order valence-electron chi connectivity index (χ4n) is 3.84. The van der Waals surface area contributed by atoms with Crippen molar-refractivity contribution in [1.82, 2.24) is 9.97 Å². The third-order valence-corrected chi connectivity index (χ3v) is 5.47. The summed E-state index contributed by atoms with van der Waals surface area (Å²) in [7, 11) is 1.36. The zero-order valence-electron chi connectivity index (χ0n) is 18.2. The number of anilines is 1. The third kappa shape index (κ3) is 4.77. The molecular weight excluding hydrogens is 426 g/mol. The topological polar surface area (TPSA) is 67.3 Å². The van der Waals surface area contributed by atoms with Crippen molar-refractivity contribution in [3.05, 3.63) is 59.8 Å². The number of rotatable bonds is 7. The molecule has 32 heavy (non-hydrogen) atoms. The van der Waals surface area contributed by atoms with Crippen LogP contribution in [0.4, 0.5) is 23.2 Å². The monoisotopic (exact) mass is 451 g/mol. The van der Waals surface area contributed by atoms with Crippen LogP contribution < -0.4 is 10.1 Å². The number of ether oxygens (including phenoxy) is 1. The van der Waals surface area contributed by atoms with Crippen molar-refractivity contribution in [2.75, 3.05) is 19.0 Å². The maximum absolute atomic E-state index is 14.1. The van der Waals surface area contributed by atoms with Gasteiger partial charge in [-0.2, -0.15) is 13.2 Å². The number of methoxy groups -OCH3 is 1. The average molecular weight is 451 g/mol. The van der Waals surface area contributed by atoms with Gasteiger partial charge in [0.15, 0.2) is 5.60 Å². The van der Waals surface area contributed by atoms with E-state index in [9.17, 15) is 22.7 Å². The predicted molar refractivity (Wildman–Crippen MR) is 114 cm³/mol. The van der Waals surface area contributed by atoms with Crippen LogP contribution in [0.1, 0.15) is 31.7 Å². The maximum Gasteiger partial charge on any atom is 0.418 e. The molecule has 0 spiro atoms. The smallest absolute Gasteiger partial charge is 0.418 e. The van der Waals surface area contributed by atoms with Gasteiger partial charge in [0, 0.05) is 22.8 Å². The van der Waals surface area contributed by atoms with E-state index < -0.39 is 36.0 Å². The molecule has 1 heterocycles. The minimum absolute atomic E-state index is 0.233. The highest BCUT2D eigenvalue weighted by Gasteiger charge is 2.56. The second-order valence-electron chi connectivity index (χ2n) is 8.44. The SMILES string of the molecule is COc1ccc(F)cc1C(C)(C)CC(O)(CNc1cccc2nc(C)ncc12)C(F)(F)F. The first kappa shape index (κ1) is 23.7. The summed E-state index contributed by atoms with van der Waals surface area (Å²) in [5, 5.41) is 14.1. The minimum Gasteiger partial charge on any atom is -0.496 e. The molecule has 0 saturated carbocycles. The Balaban J connectivity index is 1.94. The van der Waals surface area contributed by atoms with Crippen LogP contribution in [-0.4, -0.2) is 40.5 Å². The fourth-order valence-corrected chi connectivity index (χ4v) is 3.84. The Hall–Kier alpha value is -2.94. The van der Waals surface area contributed by atoms with Gasteiger partial charge in [0.05, 0.1) is 19.2 Å². The first-order valence-corrected chi connectivity index (χ1v) is 9.96. The maximum atomic E-state index is 14.1. The molecule has 172 valence electrons. The van der Waals surface area contributed by atoms with Crippen molar-refractivity contribution in [3.8, 4) is 5.75 Å². The highest BCUT2D eigenvalue weighted by molar-refractivity contribution is 5.90. The van der Waals surface area contributed by atoms with Crippen LogP contribution in [0.5, 0.6) is 5.75 Å². The van der Waals surface area contributed by atoms with Crippen LogP contribution in [0, 0.1) is 12.7 Å². The van der Waals surface area contributed by atoms with Crippen molar-refractivity contribution in [2.24, 2.45) is 0 Å². The molecule has 3 aromatic rings. The van der Waals surface area contributed by atoms with Crippen molar-refractivity contribution in [1.29, 1.82) is 0 Å². The van der Waals surface area contributed by atoms with Gasteiger partial charge in [-0.3, -0.25) is 0 Å².